The van der Waals surface area contributed by atoms with Crippen molar-refractivity contribution < 1.29 is 14.4 Å². The van der Waals surface area contributed by atoms with Gasteiger partial charge in [-0.25, -0.2) is 0 Å². The molecule has 0 aliphatic carbocycles. The van der Waals surface area contributed by atoms with Gasteiger partial charge in [-0.2, -0.15) is 0 Å². The molecule has 26 heavy (non-hydrogen) atoms. The van der Waals surface area contributed by atoms with Gasteiger partial charge in [0.15, 0.2) is 0 Å². The first-order valence-electron chi connectivity index (χ1n) is 8.69. The van der Waals surface area contributed by atoms with Crippen molar-refractivity contribution in [1.82, 2.24) is 20.9 Å². The van der Waals surface area contributed by atoms with Crippen molar-refractivity contribution in [2.45, 2.75) is 31.3 Å². The number of rotatable bonds is 7. The van der Waals surface area contributed by atoms with E-state index in [9.17, 15) is 14.4 Å². The maximum Gasteiger partial charge on any atom is 0.243 e. The summed E-state index contributed by atoms with van der Waals surface area (Å²) in [6.07, 6.45) is 3.82. The average molecular weight is 357 g/mol. The number of aromatic nitrogens is 1. The van der Waals surface area contributed by atoms with Crippen LogP contribution in [0.1, 0.15) is 18.4 Å². The Hall–Kier alpha value is -2.87. The first kappa shape index (κ1) is 17.9. The number of hydrogen-bond donors (Lipinski definition) is 5. The third-order valence-electron chi connectivity index (χ3n) is 4.55. The number of nitrogens with one attached hydrogen (secondary N) is 4. The Labute approximate surface area is 150 Å². The summed E-state index contributed by atoms with van der Waals surface area (Å²) in [6, 6.07) is 6.67. The Morgan fingerprint density at radius 2 is 2.08 bits per heavy atom. The maximum atomic E-state index is 12.5. The quantitative estimate of drug-likeness (QED) is 0.459. The lowest BCUT2D eigenvalue weighted by atomic mass is 10.0. The molecule has 0 spiro atoms. The van der Waals surface area contributed by atoms with Gasteiger partial charge in [0.1, 0.15) is 6.04 Å². The Bertz CT molecular complexity index is 810. The van der Waals surface area contributed by atoms with Crippen LogP contribution in [-0.4, -0.2) is 47.9 Å². The number of amides is 3. The maximum absolute atomic E-state index is 12.5. The van der Waals surface area contributed by atoms with Crippen molar-refractivity contribution >= 4 is 28.6 Å². The van der Waals surface area contributed by atoms with Gasteiger partial charge in [-0.3, -0.25) is 14.4 Å². The molecule has 0 saturated carbocycles. The Kier molecular flexibility index (Phi) is 5.52. The van der Waals surface area contributed by atoms with Gasteiger partial charge in [0.05, 0.1) is 12.6 Å². The SMILES string of the molecule is NC(=O)CNC(=O)[C@H](Cc1c[nH]c2ccccc12)NC(=O)[C@@H]1CCCN1. The summed E-state index contributed by atoms with van der Waals surface area (Å²) in [5, 5.41) is 9.40. The molecule has 2 heterocycles. The second-order valence-corrected chi connectivity index (χ2v) is 6.46. The van der Waals surface area contributed by atoms with E-state index in [0.717, 1.165) is 35.9 Å². The summed E-state index contributed by atoms with van der Waals surface area (Å²) in [7, 11) is 0. The first-order valence-corrected chi connectivity index (χ1v) is 8.69. The number of hydrogen-bond acceptors (Lipinski definition) is 4. The van der Waals surface area contributed by atoms with Crippen molar-refractivity contribution in [2.75, 3.05) is 13.1 Å². The molecular formula is C18H23N5O3. The van der Waals surface area contributed by atoms with Gasteiger partial charge in [0.25, 0.3) is 0 Å². The highest BCUT2D eigenvalue weighted by Crippen LogP contribution is 2.19. The van der Waals surface area contributed by atoms with E-state index in [1.165, 1.54) is 0 Å². The molecule has 0 radical (unpaired) electrons. The molecular weight excluding hydrogens is 334 g/mol. The van der Waals surface area contributed by atoms with E-state index >= 15 is 0 Å². The van der Waals surface area contributed by atoms with Crippen LogP contribution in [0.3, 0.4) is 0 Å². The molecule has 1 saturated heterocycles. The van der Waals surface area contributed by atoms with E-state index in [4.69, 9.17) is 5.73 Å². The number of carbonyl (C=O) groups is 3. The van der Waals surface area contributed by atoms with Crippen LogP contribution >= 0.6 is 0 Å². The van der Waals surface area contributed by atoms with Crippen molar-refractivity contribution in [3.8, 4) is 0 Å². The molecule has 3 amide bonds. The summed E-state index contributed by atoms with van der Waals surface area (Å²) in [4.78, 5) is 39.0. The fourth-order valence-electron chi connectivity index (χ4n) is 3.21. The van der Waals surface area contributed by atoms with Gasteiger partial charge >= 0.3 is 0 Å². The van der Waals surface area contributed by atoms with Crippen LogP contribution in [0.5, 0.6) is 0 Å². The highest BCUT2D eigenvalue weighted by Gasteiger charge is 2.28. The summed E-state index contributed by atoms with van der Waals surface area (Å²) in [5.41, 5.74) is 6.97. The van der Waals surface area contributed by atoms with Crippen LogP contribution in [0.25, 0.3) is 10.9 Å². The zero-order valence-corrected chi connectivity index (χ0v) is 14.4. The monoisotopic (exact) mass is 357 g/mol. The lowest BCUT2D eigenvalue weighted by molar-refractivity contribution is -0.130. The minimum absolute atomic E-state index is 0.207. The lowest BCUT2D eigenvalue weighted by Crippen LogP contribution is -2.53. The molecule has 1 aliphatic heterocycles. The molecule has 3 rings (SSSR count). The fraction of sp³-hybridized carbons (Fsp3) is 0.389. The summed E-state index contributed by atoms with van der Waals surface area (Å²) in [6.45, 7) is 0.528. The molecule has 0 bridgehead atoms. The number of carbonyl (C=O) groups excluding carboxylic acids is 3. The van der Waals surface area contributed by atoms with Crippen LogP contribution in [0, 0.1) is 0 Å². The van der Waals surface area contributed by atoms with E-state index in [0.29, 0.717) is 6.42 Å². The van der Waals surface area contributed by atoms with E-state index in [-0.39, 0.29) is 18.5 Å². The zero-order valence-electron chi connectivity index (χ0n) is 14.4. The van der Waals surface area contributed by atoms with Crippen molar-refractivity contribution in [1.29, 1.82) is 0 Å². The molecule has 6 N–H and O–H groups in total. The third-order valence-corrected chi connectivity index (χ3v) is 4.55. The number of para-hydroxylation sites is 1. The zero-order chi connectivity index (χ0) is 18.5. The van der Waals surface area contributed by atoms with Crippen LogP contribution in [0.15, 0.2) is 30.5 Å². The number of aromatic amines is 1. The number of fused-ring (bicyclic) bond motifs is 1. The van der Waals surface area contributed by atoms with Gasteiger partial charge in [0.2, 0.25) is 17.7 Å². The lowest BCUT2D eigenvalue weighted by Gasteiger charge is -2.20. The van der Waals surface area contributed by atoms with Gasteiger partial charge in [-0.05, 0) is 31.0 Å². The highest BCUT2D eigenvalue weighted by atomic mass is 16.2. The van der Waals surface area contributed by atoms with Crippen LogP contribution in [0.4, 0.5) is 0 Å². The predicted octanol–water partition coefficient (Wildman–Crippen LogP) is -0.451. The van der Waals surface area contributed by atoms with E-state index in [1.54, 1.807) is 0 Å². The molecule has 8 heteroatoms. The van der Waals surface area contributed by atoms with Gasteiger partial charge in [-0.15, -0.1) is 0 Å². The first-order chi connectivity index (χ1) is 12.5. The van der Waals surface area contributed by atoms with Gasteiger partial charge in [0, 0.05) is 23.5 Å². The van der Waals surface area contributed by atoms with Crippen LogP contribution < -0.4 is 21.7 Å². The molecule has 2 atom stereocenters. The highest BCUT2D eigenvalue weighted by molar-refractivity contribution is 5.92. The molecule has 138 valence electrons. The standard InChI is InChI=1S/C18H23N5O3/c19-16(24)10-22-17(25)15(23-18(26)14-6-3-7-20-14)8-11-9-21-13-5-2-1-4-12(11)13/h1-2,4-5,9,14-15,20-21H,3,6-8,10H2,(H2,19,24)(H,22,25)(H,23,26)/t14-,15-/m0/s1. The molecule has 1 aromatic carbocycles. The van der Waals surface area contributed by atoms with E-state index < -0.39 is 17.9 Å². The minimum atomic E-state index is -0.788. The average Bonchev–Trinajstić information content (AvgIpc) is 3.29. The number of benzene rings is 1. The second-order valence-electron chi connectivity index (χ2n) is 6.46. The molecule has 0 unspecified atom stereocenters. The summed E-state index contributed by atoms with van der Waals surface area (Å²) < 4.78 is 0. The number of nitrogens with two attached hydrogens (primary N) is 1. The minimum Gasteiger partial charge on any atom is -0.368 e. The molecule has 1 aromatic heterocycles. The van der Waals surface area contributed by atoms with Crippen LogP contribution in [0.2, 0.25) is 0 Å². The topological polar surface area (TPSA) is 129 Å². The summed E-state index contributed by atoms with van der Waals surface area (Å²) >= 11 is 0. The predicted molar refractivity (Wildman–Crippen MR) is 97.2 cm³/mol. The van der Waals surface area contributed by atoms with E-state index in [2.05, 4.69) is 20.9 Å². The van der Waals surface area contributed by atoms with Crippen molar-refractivity contribution in [3.63, 3.8) is 0 Å². The van der Waals surface area contributed by atoms with Crippen molar-refractivity contribution in [3.05, 3.63) is 36.0 Å². The number of H-pyrrole nitrogens is 1. The third kappa shape index (κ3) is 4.20. The molecule has 1 aliphatic rings. The second kappa shape index (κ2) is 8.01. The Morgan fingerprint density at radius 1 is 1.27 bits per heavy atom. The largest absolute Gasteiger partial charge is 0.368 e. The fourth-order valence-corrected chi connectivity index (χ4v) is 3.21. The van der Waals surface area contributed by atoms with E-state index in [1.807, 2.05) is 30.5 Å². The number of primary amides is 1. The molecule has 8 nitrogen and oxygen atoms in total. The summed E-state index contributed by atoms with van der Waals surface area (Å²) in [5.74, 6) is -1.27. The molecule has 1 fully saturated rings. The Morgan fingerprint density at radius 3 is 2.81 bits per heavy atom. The normalized spacial score (nSPS) is 17.8. The van der Waals surface area contributed by atoms with Gasteiger partial charge in [-0.1, -0.05) is 18.2 Å². The van der Waals surface area contributed by atoms with Crippen molar-refractivity contribution in [2.24, 2.45) is 5.73 Å². The smallest absolute Gasteiger partial charge is 0.243 e. The molecule has 2 aromatic rings. The Balaban J connectivity index is 1.76. The van der Waals surface area contributed by atoms with Gasteiger partial charge < -0.3 is 26.7 Å². The van der Waals surface area contributed by atoms with Crippen LogP contribution in [-0.2, 0) is 20.8 Å².